The largest absolute Gasteiger partial charge is 0.308 e. The first-order chi connectivity index (χ1) is 9.46. The van der Waals surface area contributed by atoms with E-state index in [1.165, 1.54) is 42.8 Å². The van der Waals surface area contributed by atoms with Gasteiger partial charge in [0.2, 0.25) is 0 Å². The molecule has 0 atom stereocenters. The van der Waals surface area contributed by atoms with Gasteiger partial charge in [0, 0.05) is 23.7 Å². The molecule has 0 saturated heterocycles. The molecule has 110 valence electrons. The normalized spacial score (nSPS) is 19.8. The highest BCUT2D eigenvalue weighted by atomic mass is 32.1. The van der Waals surface area contributed by atoms with Crippen LogP contribution in [-0.2, 0) is 6.54 Å². The van der Waals surface area contributed by atoms with Crippen molar-refractivity contribution in [3.8, 4) is 0 Å². The van der Waals surface area contributed by atoms with Gasteiger partial charge < -0.3 is 5.32 Å². The zero-order valence-electron chi connectivity index (χ0n) is 13.0. The lowest BCUT2D eigenvalue weighted by Crippen LogP contribution is -2.35. The summed E-state index contributed by atoms with van der Waals surface area (Å²) in [4.78, 5) is 5.79. The Morgan fingerprint density at radius 2 is 2.05 bits per heavy atom. The Balaban J connectivity index is 1.68. The second kappa shape index (κ2) is 5.15. The molecule has 20 heavy (non-hydrogen) atoms. The van der Waals surface area contributed by atoms with E-state index >= 15 is 0 Å². The molecule has 0 unspecified atom stereocenters. The maximum absolute atomic E-state index is 4.66. The summed E-state index contributed by atoms with van der Waals surface area (Å²) in [6.45, 7) is 10.0. The molecule has 0 bridgehead atoms. The quantitative estimate of drug-likeness (QED) is 0.923. The second-order valence-corrected chi connectivity index (χ2v) is 7.79. The van der Waals surface area contributed by atoms with Gasteiger partial charge in [-0.05, 0) is 44.9 Å². The standard InChI is InChI=1S/C16H25N3S/c1-11-10-20-15-18-12(2)14(19(11)15)9-17-13-5-7-16(3,4)8-6-13/h10,13,17H,5-9H2,1-4H3. The highest BCUT2D eigenvalue weighted by molar-refractivity contribution is 7.15. The molecule has 0 aromatic carbocycles. The number of nitrogens with one attached hydrogen (secondary N) is 1. The van der Waals surface area contributed by atoms with Crippen LogP contribution < -0.4 is 5.32 Å². The highest BCUT2D eigenvalue weighted by Gasteiger charge is 2.26. The number of thiazole rings is 1. The molecule has 0 radical (unpaired) electrons. The van der Waals surface area contributed by atoms with Gasteiger partial charge in [-0.15, -0.1) is 11.3 Å². The van der Waals surface area contributed by atoms with E-state index in [1.54, 1.807) is 11.3 Å². The molecule has 1 N–H and O–H groups in total. The van der Waals surface area contributed by atoms with Crippen molar-refractivity contribution in [3.05, 3.63) is 22.5 Å². The summed E-state index contributed by atoms with van der Waals surface area (Å²) in [6.07, 6.45) is 5.28. The third-order valence-corrected chi connectivity index (χ3v) is 5.67. The van der Waals surface area contributed by atoms with Crippen molar-refractivity contribution >= 4 is 16.3 Å². The van der Waals surface area contributed by atoms with Crippen LogP contribution >= 0.6 is 11.3 Å². The van der Waals surface area contributed by atoms with Crippen molar-refractivity contribution in [2.24, 2.45) is 5.41 Å². The van der Waals surface area contributed by atoms with Gasteiger partial charge in [-0.1, -0.05) is 13.8 Å². The Kier molecular flexibility index (Phi) is 3.63. The molecule has 4 heteroatoms. The van der Waals surface area contributed by atoms with Gasteiger partial charge in [0.15, 0.2) is 4.96 Å². The summed E-state index contributed by atoms with van der Waals surface area (Å²) >= 11 is 1.73. The summed E-state index contributed by atoms with van der Waals surface area (Å²) in [5, 5.41) is 5.94. The number of aryl methyl sites for hydroxylation is 2. The number of aromatic nitrogens is 2. The van der Waals surface area contributed by atoms with E-state index in [4.69, 9.17) is 0 Å². The van der Waals surface area contributed by atoms with Crippen molar-refractivity contribution in [1.82, 2.24) is 14.7 Å². The molecule has 1 aliphatic rings. The van der Waals surface area contributed by atoms with Gasteiger partial charge in [-0.3, -0.25) is 4.40 Å². The number of hydrogen-bond donors (Lipinski definition) is 1. The number of imidazole rings is 1. The Labute approximate surface area is 125 Å². The fourth-order valence-electron chi connectivity index (χ4n) is 3.22. The molecule has 1 saturated carbocycles. The predicted octanol–water partition coefficient (Wildman–Crippen LogP) is 4.07. The van der Waals surface area contributed by atoms with Crippen LogP contribution in [0.15, 0.2) is 5.38 Å². The summed E-state index contributed by atoms with van der Waals surface area (Å²) in [5.41, 5.74) is 4.35. The van der Waals surface area contributed by atoms with Crippen LogP contribution in [0.1, 0.15) is 56.6 Å². The van der Waals surface area contributed by atoms with Crippen molar-refractivity contribution in [3.63, 3.8) is 0 Å². The van der Waals surface area contributed by atoms with Crippen LogP contribution in [0.2, 0.25) is 0 Å². The van der Waals surface area contributed by atoms with E-state index in [-0.39, 0.29) is 0 Å². The molecule has 2 aromatic heterocycles. The average molecular weight is 291 g/mol. The Morgan fingerprint density at radius 3 is 2.75 bits per heavy atom. The van der Waals surface area contributed by atoms with Crippen molar-refractivity contribution in [2.75, 3.05) is 0 Å². The van der Waals surface area contributed by atoms with Crippen LogP contribution in [0.3, 0.4) is 0 Å². The van der Waals surface area contributed by atoms with Gasteiger partial charge in [-0.2, -0.15) is 0 Å². The van der Waals surface area contributed by atoms with Crippen LogP contribution in [0.4, 0.5) is 0 Å². The minimum absolute atomic E-state index is 0.544. The Morgan fingerprint density at radius 1 is 1.35 bits per heavy atom. The maximum atomic E-state index is 4.66. The van der Waals surface area contributed by atoms with Gasteiger partial charge in [0.25, 0.3) is 0 Å². The fraction of sp³-hybridized carbons (Fsp3) is 0.688. The lowest BCUT2D eigenvalue weighted by Gasteiger charge is -2.34. The monoisotopic (exact) mass is 291 g/mol. The minimum Gasteiger partial charge on any atom is -0.308 e. The van der Waals surface area contributed by atoms with Crippen LogP contribution in [0.25, 0.3) is 4.96 Å². The van der Waals surface area contributed by atoms with E-state index in [1.807, 2.05) is 0 Å². The van der Waals surface area contributed by atoms with E-state index in [0.717, 1.165) is 11.5 Å². The molecule has 2 heterocycles. The molecular formula is C16H25N3S. The number of fused-ring (bicyclic) bond motifs is 1. The van der Waals surface area contributed by atoms with Crippen molar-refractivity contribution < 1.29 is 0 Å². The maximum Gasteiger partial charge on any atom is 0.194 e. The first kappa shape index (κ1) is 14.1. The Hall–Kier alpha value is -0.870. The molecule has 2 aromatic rings. The van der Waals surface area contributed by atoms with Gasteiger partial charge in [0.1, 0.15) is 0 Å². The molecule has 1 fully saturated rings. The van der Waals surface area contributed by atoms with E-state index < -0.39 is 0 Å². The topological polar surface area (TPSA) is 29.3 Å². The zero-order valence-corrected chi connectivity index (χ0v) is 13.8. The van der Waals surface area contributed by atoms with Crippen molar-refractivity contribution in [2.45, 2.75) is 66.0 Å². The van der Waals surface area contributed by atoms with E-state index in [9.17, 15) is 0 Å². The van der Waals surface area contributed by atoms with Gasteiger partial charge in [-0.25, -0.2) is 4.98 Å². The predicted molar refractivity (Wildman–Crippen MR) is 85.4 cm³/mol. The Bertz CT molecular complexity index is 599. The minimum atomic E-state index is 0.544. The van der Waals surface area contributed by atoms with Gasteiger partial charge >= 0.3 is 0 Å². The first-order valence-electron chi connectivity index (χ1n) is 7.62. The lowest BCUT2D eigenvalue weighted by molar-refractivity contribution is 0.205. The summed E-state index contributed by atoms with van der Waals surface area (Å²) in [5.74, 6) is 0. The molecule has 3 rings (SSSR count). The lowest BCUT2D eigenvalue weighted by atomic mass is 9.75. The van der Waals surface area contributed by atoms with Crippen LogP contribution in [-0.4, -0.2) is 15.4 Å². The third kappa shape index (κ3) is 2.63. The molecule has 1 aliphatic carbocycles. The SMILES string of the molecule is Cc1nc2scc(C)n2c1CNC1CCC(C)(C)CC1. The number of hydrogen-bond acceptors (Lipinski definition) is 3. The first-order valence-corrected chi connectivity index (χ1v) is 8.50. The molecule has 0 amide bonds. The molecule has 0 aliphatic heterocycles. The highest BCUT2D eigenvalue weighted by Crippen LogP contribution is 2.35. The van der Waals surface area contributed by atoms with Crippen LogP contribution in [0.5, 0.6) is 0 Å². The summed E-state index contributed by atoms with van der Waals surface area (Å²) in [7, 11) is 0. The average Bonchev–Trinajstić information content (AvgIpc) is 2.89. The second-order valence-electron chi connectivity index (χ2n) is 6.96. The molecule has 3 nitrogen and oxygen atoms in total. The number of nitrogens with zero attached hydrogens (tertiary/aromatic N) is 2. The summed E-state index contributed by atoms with van der Waals surface area (Å²) in [6, 6.07) is 0.673. The smallest absolute Gasteiger partial charge is 0.194 e. The van der Waals surface area contributed by atoms with Gasteiger partial charge in [0.05, 0.1) is 11.4 Å². The van der Waals surface area contributed by atoms with E-state index in [2.05, 4.69) is 47.8 Å². The van der Waals surface area contributed by atoms with Crippen molar-refractivity contribution in [1.29, 1.82) is 0 Å². The third-order valence-electron chi connectivity index (χ3n) is 4.73. The zero-order chi connectivity index (χ0) is 14.3. The molecule has 0 spiro atoms. The van der Waals surface area contributed by atoms with E-state index in [0.29, 0.717) is 11.5 Å². The number of rotatable bonds is 3. The summed E-state index contributed by atoms with van der Waals surface area (Å²) < 4.78 is 2.31. The molecular weight excluding hydrogens is 266 g/mol. The van der Waals surface area contributed by atoms with Crippen LogP contribution in [0, 0.1) is 19.3 Å². The fourth-order valence-corrected chi connectivity index (χ4v) is 4.15.